The number of fused-ring (bicyclic) bond motifs is 2. The molecule has 1 amide bonds. The molecule has 0 aromatic heterocycles. The average Bonchev–Trinajstić information content (AvgIpc) is 3.13. The summed E-state index contributed by atoms with van der Waals surface area (Å²) < 4.78 is 5.94. The van der Waals surface area contributed by atoms with Crippen molar-refractivity contribution in [3.05, 3.63) is 29.3 Å². The van der Waals surface area contributed by atoms with Crippen LogP contribution in [0.2, 0.25) is 0 Å². The van der Waals surface area contributed by atoms with Crippen molar-refractivity contribution in [2.45, 2.75) is 82.8 Å². The molecule has 1 saturated carbocycles. The first kappa shape index (κ1) is 24.0. The number of hydrogen-bond donors (Lipinski definition) is 4. The predicted octanol–water partition coefficient (Wildman–Crippen LogP) is 2.92. The molecule has 174 valence electrons. The van der Waals surface area contributed by atoms with Crippen molar-refractivity contribution >= 4 is 5.91 Å². The fourth-order valence-corrected chi connectivity index (χ4v) is 5.56. The van der Waals surface area contributed by atoms with Gasteiger partial charge in [-0.2, -0.15) is 0 Å². The van der Waals surface area contributed by atoms with Gasteiger partial charge in [0.05, 0.1) is 18.8 Å². The van der Waals surface area contributed by atoms with E-state index < -0.39 is 0 Å². The van der Waals surface area contributed by atoms with Crippen molar-refractivity contribution in [3.63, 3.8) is 0 Å². The number of aliphatic hydroxyl groups is 3. The highest BCUT2D eigenvalue weighted by molar-refractivity contribution is 5.77. The average molecular weight is 434 g/mol. The lowest BCUT2D eigenvalue weighted by Crippen LogP contribution is -2.32. The standard InChI is InChI=1S/C25H39NO5/c1-2-3-4-7-19(28)9-10-21-22-15-20(29)14-18(22)13-17-6-5-8-23(25(17)21)31-16-24(30)26-11-12-27/h5-6,8,18-22,27-29H,2-4,7,9-16H2,1H3,(H,26,30). The maximum Gasteiger partial charge on any atom is 0.258 e. The summed E-state index contributed by atoms with van der Waals surface area (Å²) in [7, 11) is 0. The number of nitrogens with one attached hydrogen (secondary N) is 1. The number of benzene rings is 1. The van der Waals surface area contributed by atoms with E-state index in [0.29, 0.717) is 11.8 Å². The van der Waals surface area contributed by atoms with E-state index in [1.54, 1.807) is 0 Å². The molecule has 4 N–H and O–H groups in total. The Labute approximate surface area is 186 Å². The van der Waals surface area contributed by atoms with E-state index in [1.807, 2.05) is 12.1 Å². The molecule has 1 fully saturated rings. The molecule has 2 aliphatic rings. The Kier molecular flexibility index (Phi) is 9.17. The van der Waals surface area contributed by atoms with E-state index in [1.165, 1.54) is 5.56 Å². The highest BCUT2D eigenvalue weighted by Crippen LogP contribution is 2.52. The van der Waals surface area contributed by atoms with E-state index in [0.717, 1.165) is 69.1 Å². The van der Waals surface area contributed by atoms with E-state index >= 15 is 0 Å². The van der Waals surface area contributed by atoms with Gasteiger partial charge in [-0.3, -0.25) is 4.79 Å². The molecule has 6 heteroatoms. The monoisotopic (exact) mass is 433 g/mol. The quantitative estimate of drug-likeness (QED) is 0.380. The maximum absolute atomic E-state index is 12.0. The zero-order chi connectivity index (χ0) is 22.2. The molecule has 0 saturated heterocycles. The Morgan fingerprint density at radius 3 is 2.87 bits per heavy atom. The Balaban J connectivity index is 1.74. The molecule has 0 spiro atoms. The third-order valence-electron chi connectivity index (χ3n) is 7.00. The van der Waals surface area contributed by atoms with Gasteiger partial charge < -0.3 is 25.4 Å². The van der Waals surface area contributed by atoms with Crippen LogP contribution in [0.5, 0.6) is 5.75 Å². The second-order valence-electron chi connectivity index (χ2n) is 9.28. The number of hydrogen-bond acceptors (Lipinski definition) is 5. The summed E-state index contributed by atoms with van der Waals surface area (Å²) in [4.78, 5) is 12.0. The van der Waals surface area contributed by atoms with E-state index in [2.05, 4.69) is 18.3 Å². The lowest BCUT2D eigenvalue weighted by Gasteiger charge is -2.37. The predicted molar refractivity (Wildman–Crippen MR) is 120 cm³/mol. The summed E-state index contributed by atoms with van der Waals surface area (Å²) >= 11 is 0. The van der Waals surface area contributed by atoms with E-state index in [9.17, 15) is 15.0 Å². The molecule has 1 aromatic rings. The molecule has 6 nitrogen and oxygen atoms in total. The summed E-state index contributed by atoms with van der Waals surface area (Å²) in [5, 5.41) is 32.4. The number of carbonyl (C=O) groups is 1. The van der Waals surface area contributed by atoms with Crippen LogP contribution in [0, 0.1) is 11.8 Å². The van der Waals surface area contributed by atoms with Crippen molar-refractivity contribution in [1.29, 1.82) is 0 Å². The third kappa shape index (κ3) is 6.43. The number of rotatable bonds is 12. The van der Waals surface area contributed by atoms with Crippen molar-refractivity contribution in [1.82, 2.24) is 5.32 Å². The second-order valence-corrected chi connectivity index (χ2v) is 9.28. The topological polar surface area (TPSA) is 99.0 Å². The van der Waals surface area contributed by atoms with Crippen LogP contribution in [-0.2, 0) is 11.2 Å². The Bertz CT molecular complexity index is 709. The molecule has 0 radical (unpaired) electrons. The van der Waals surface area contributed by atoms with Crippen molar-refractivity contribution < 1.29 is 24.9 Å². The van der Waals surface area contributed by atoms with Crippen LogP contribution in [0.15, 0.2) is 18.2 Å². The molecule has 3 rings (SSSR count). The number of aliphatic hydroxyl groups excluding tert-OH is 3. The van der Waals surface area contributed by atoms with E-state index in [-0.39, 0.29) is 43.8 Å². The molecule has 0 heterocycles. The minimum absolute atomic E-state index is 0.0838. The fraction of sp³-hybridized carbons (Fsp3) is 0.720. The highest BCUT2D eigenvalue weighted by Gasteiger charge is 2.43. The summed E-state index contributed by atoms with van der Waals surface area (Å²) in [6.45, 7) is 2.21. The Morgan fingerprint density at radius 2 is 2.10 bits per heavy atom. The summed E-state index contributed by atoms with van der Waals surface area (Å²) in [5.41, 5.74) is 2.41. The van der Waals surface area contributed by atoms with Crippen molar-refractivity contribution in [2.24, 2.45) is 11.8 Å². The van der Waals surface area contributed by atoms with Crippen LogP contribution in [0.3, 0.4) is 0 Å². The summed E-state index contributed by atoms with van der Waals surface area (Å²) in [6.07, 6.45) is 7.83. The molecule has 5 atom stereocenters. The third-order valence-corrected chi connectivity index (χ3v) is 7.00. The van der Waals surface area contributed by atoms with Crippen molar-refractivity contribution in [2.75, 3.05) is 19.8 Å². The lowest BCUT2D eigenvalue weighted by molar-refractivity contribution is -0.123. The minimum atomic E-state index is -0.293. The van der Waals surface area contributed by atoms with Crippen molar-refractivity contribution in [3.8, 4) is 5.75 Å². The lowest BCUT2D eigenvalue weighted by atomic mass is 9.68. The smallest absolute Gasteiger partial charge is 0.258 e. The zero-order valence-electron chi connectivity index (χ0n) is 18.8. The molecule has 0 bridgehead atoms. The van der Waals surface area contributed by atoms with Crippen LogP contribution in [0.1, 0.15) is 75.3 Å². The first-order valence-corrected chi connectivity index (χ1v) is 12.0. The first-order chi connectivity index (χ1) is 15.0. The Hall–Kier alpha value is -1.63. The number of unbranched alkanes of at least 4 members (excludes halogenated alkanes) is 2. The van der Waals surface area contributed by atoms with Gasteiger partial charge in [-0.15, -0.1) is 0 Å². The Morgan fingerprint density at radius 1 is 1.26 bits per heavy atom. The van der Waals surface area contributed by atoms with Crippen LogP contribution in [0.25, 0.3) is 0 Å². The molecule has 5 unspecified atom stereocenters. The fourth-order valence-electron chi connectivity index (χ4n) is 5.56. The first-order valence-electron chi connectivity index (χ1n) is 12.0. The molecule has 2 aliphatic carbocycles. The van der Waals surface area contributed by atoms with Crippen LogP contribution < -0.4 is 10.1 Å². The van der Waals surface area contributed by atoms with Crippen LogP contribution in [0.4, 0.5) is 0 Å². The maximum atomic E-state index is 12.0. The van der Waals surface area contributed by atoms with Crippen LogP contribution >= 0.6 is 0 Å². The van der Waals surface area contributed by atoms with Gasteiger partial charge >= 0.3 is 0 Å². The van der Waals surface area contributed by atoms with Gasteiger partial charge in [0.1, 0.15) is 5.75 Å². The summed E-state index contributed by atoms with van der Waals surface area (Å²) in [6, 6.07) is 6.04. The number of carbonyl (C=O) groups excluding carboxylic acids is 1. The van der Waals surface area contributed by atoms with Gasteiger partial charge in [0.15, 0.2) is 6.61 Å². The second kappa shape index (κ2) is 11.8. The van der Waals surface area contributed by atoms with Crippen LogP contribution in [-0.4, -0.2) is 53.2 Å². The molecule has 1 aromatic carbocycles. The van der Waals surface area contributed by atoms with E-state index in [4.69, 9.17) is 9.84 Å². The largest absolute Gasteiger partial charge is 0.483 e. The van der Waals surface area contributed by atoms with Gasteiger partial charge in [-0.1, -0.05) is 38.3 Å². The van der Waals surface area contributed by atoms with Gasteiger partial charge in [-0.05, 0) is 67.9 Å². The highest BCUT2D eigenvalue weighted by atomic mass is 16.5. The number of amides is 1. The molecule has 31 heavy (non-hydrogen) atoms. The molecular weight excluding hydrogens is 394 g/mol. The van der Waals surface area contributed by atoms with Gasteiger partial charge in [-0.25, -0.2) is 0 Å². The van der Waals surface area contributed by atoms with Gasteiger partial charge in [0.25, 0.3) is 5.91 Å². The SMILES string of the molecule is CCCCCC(O)CCC1c2c(cccc2OCC(=O)NCCO)CC2CC(O)CC21. The molecular formula is C25H39NO5. The molecule has 0 aliphatic heterocycles. The van der Waals surface area contributed by atoms with Gasteiger partial charge in [0, 0.05) is 12.1 Å². The normalized spacial score (nSPS) is 25.5. The summed E-state index contributed by atoms with van der Waals surface area (Å²) in [5.74, 6) is 1.57. The number of ether oxygens (including phenoxy) is 1. The zero-order valence-corrected chi connectivity index (χ0v) is 18.8. The minimum Gasteiger partial charge on any atom is -0.483 e. The van der Waals surface area contributed by atoms with Gasteiger partial charge in [0.2, 0.25) is 0 Å².